The summed E-state index contributed by atoms with van der Waals surface area (Å²) < 4.78 is 17.4. The standard InChI is InChI=1S/C8H8Cl4NO2P/c1-3-15-16(2,14)6-4(9)7(11)13-8(12)5(6)10/h3H2,1-2H3. The molecule has 1 unspecified atom stereocenters. The van der Waals surface area contributed by atoms with Crippen molar-refractivity contribution < 1.29 is 9.09 Å². The first-order valence-electron chi connectivity index (χ1n) is 4.23. The van der Waals surface area contributed by atoms with Crippen molar-refractivity contribution in [3.8, 4) is 0 Å². The van der Waals surface area contributed by atoms with Crippen molar-refractivity contribution in [2.45, 2.75) is 6.92 Å². The molecule has 0 amide bonds. The molecule has 3 nitrogen and oxygen atoms in total. The quantitative estimate of drug-likeness (QED) is 0.616. The third-order valence-electron chi connectivity index (χ3n) is 1.76. The number of rotatable bonds is 3. The Morgan fingerprint density at radius 2 is 1.62 bits per heavy atom. The monoisotopic (exact) mass is 321 g/mol. The van der Waals surface area contributed by atoms with Crippen LogP contribution in [0.2, 0.25) is 20.4 Å². The summed E-state index contributed by atoms with van der Waals surface area (Å²) >= 11 is 23.3. The molecule has 8 heteroatoms. The van der Waals surface area contributed by atoms with E-state index in [0.29, 0.717) is 0 Å². The van der Waals surface area contributed by atoms with Gasteiger partial charge in [0.2, 0.25) is 7.37 Å². The van der Waals surface area contributed by atoms with E-state index in [2.05, 4.69) is 4.98 Å². The van der Waals surface area contributed by atoms with Gasteiger partial charge in [-0.1, -0.05) is 46.4 Å². The van der Waals surface area contributed by atoms with Gasteiger partial charge in [-0.25, -0.2) is 4.98 Å². The molecule has 0 spiro atoms. The Balaban J connectivity index is 3.49. The van der Waals surface area contributed by atoms with E-state index in [1.807, 2.05) is 0 Å². The largest absolute Gasteiger partial charge is 0.326 e. The molecule has 0 aliphatic rings. The fraction of sp³-hybridized carbons (Fsp3) is 0.375. The van der Waals surface area contributed by atoms with Crippen LogP contribution < -0.4 is 5.30 Å². The van der Waals surface area contributed by atoms with Gasteiger partial charge in [0, 0.05) is 6.66 Å². The van der Waals surface area contributed by atoms with Crippen LogP contribution in [-0.4, -0.2) is 18.3 Å². The second-order valence-electron chi connectivity index (χ2n) is 2.93. The van der Waals surface area contributed by atoms with Gasteiger partial charge in [-0.3, -0.25) is 4.57 Å². The first kappa shape index (κ1) is 14.6. The maximum absolute atomic E-state index is 12.2. The summed E-state index contributed by atoms with van der Waals surface area (Å²) in [4.78, 5) is 3.70. The average Bonchev–Trinajstić information content (AvgIpc) is 2.14. The minimum Gasteiger partial charge on any atom is -0.326 e. The molecule has 1 rings (SSSR count). The molecular weight excluding hydrogens is 315 g/mol. The third-order valence-corrected chi connectivity index (χ3v) is 5.51. The second-order valence-corrected chi connectivity index (χ2v) is 6.80. The minimum atomic E-state index is -3.15. The van der Waals surface area contributed by atoms with Crippen LogP contribution in [0.5, 0.6) is 0 Å². The van der Waals surface area contributed by atoms with Crippen molar-refractivity contribution in [1.82, 2.24) is 4.98 Å². The molecule has 0 saturated carbocycles. The van der Waals surface area contributed by atoms with Crippen LogP contribution in [0, 0.1) is 0 Å². The summed E-state index contributed by atoms with van der Waals surface area (Å²) in [5, 5.41) is 0.0362. The zero-order valence-electron chi connectivity index (χ0n) is 8.43. The summed E-state index contributed by atoms with van der Waals surface area (Å²) in [5.41, 5.74) is 0. The first-order valence-corrected chi connectivity index (χ1v) is 7.82. The molecule has 0 bridgehead atoms. The summed E-state index contributed by atoms with van der Waals surface area (Å²) in [6.45, 7) is 3.37. The molecular formula is C8H8Cl4NO2P. The highest BCUT2D eigenvalue weighted by Gasteiger charge is 2.29. The minimum absolute atomic E-state index is 0.00958. The number of nitrogens with zero attached hydrogens (tertiary/aromatic N) is 1. The summed E-state index contributed by atoms with van der Waals surface area (Å²) in [6.07, 6.45) is 0. The number of pyridine rings is 1. The molecule has 0 saturated heterocycles. The van der Waals surface area contributed by atoms with Gasteiger partial charge in [-0.05, 0) is 6.92 Å². The Labute approximate surface area is 113 Å². The number of aromatic nitrogens is 1. The fourth-order valence-electron chi connectivity index (χ4n) is 1.14. The van der Waals surface area contributed by atoms with Crippen LogP contribution in [0.15, 0.2) is 0 Å². The lowest BCUT2D eigenvalue weighted by Gasteiger charge is -2.16. The molecule has 1 aromatic rings. The predicted molar refractivity (Wildman–Crippen MR) is 69.1 cm³/mol. The number of hydrogen-bond acceptors (Lipinski definition) is 3. The highest BCUT2D eigenvalue weighted by atomic mass is 35.5. The van der Waals surface area contributed by atoms with Gasteiger partial charge in [-0.2, -0.15) is 0 Å². The van der Waals surface area contributed by atoms with Crippen molar-refractivity contribution >= 4 is 59.1 Å². The Morgan fingerprint density at radius 1 is 1.19 bits per heavy atom. The second kappa shape index (κ2) is 5.43. The Morgan fingerprint density at radius 3 is 2.00 bits per heavy atom. The zero-order chi connectivity index (χ0) is 12.5. The van der Waals surface area contributed by atoms with Gasteiger partial charge >= 0.3 is 0 Å². The van der Waals surface area contributed by atoms with Crippen molar-refractivity contribution in [1.29, 1.82) is 0 Å². The van der Waals surface area contributed by atoms with Crippen LogP contribution in [0.25, 0.3) is 0 Å². The first-order chi connectivity index (χ1) is 7.31. The van der Waals surface area contributed by atoms with Crippen LogP contribution in [0.1, 0.15) is 6.92 Å². The molecule has 90 valence electrons. The van der Waals surface area contributed by atoms with Crippen LogP contribution >= 0.6 is 53.8 Å². The van der Waals surface area contributed by atoms with Crippen LogP contribution in [-0.2, 0) is 9.09 Å². The van der Waals surface area contributed by atoms with E-state index in [1.54, 1.807) is 6.92 Å². The Hall–Kier alpha value is 0.500. The van der Waals surface area contributed by atoms with E-state index in [9.17, 15) is 4.57 Å². The maximum Gasteiger partial charge on any atom is 0.232 e. The Kier molecular flexibility index (Phi) is 4.94. The van der Waals surface area contributed by atoms with Crippen LogP contribution in [0.4, 0.5) is 0 Å². The van der Waals surface area contributed by atoms with Gasteiger partial charge in [0.15, 0.2) is 0 Å². The predicted octanol–water partition coefficient (Wildman–Crippen LogP) is 4.26. The highest BCUT2D eigenvalue weighted by Crippen LogP contribution is 2.47. The number of halogens is 4. The van der Waals surface area contributed by atoms with E-state index in [4.69, 9.17) is 50.9 Å². The maximum atomic E-state index is 12.2. The van der Waals surface area contributed by atoms with Gasteiger partial charge in [0.1, 0.15) is 10.3 Å². The van der Waals surface area contributed by atoms with Crippen molar-refractivity contribution in [3.63, 3.8) is 0 Å². The smallest absolute Gasteiger partial charge is 0.232 e. The molecule has 0 aromatic carbocycles. The summed E-state index contributed by atoms with van der Waals surface area (Å²) in [5.74, 6) is 0. The molecule has 0 radical (unpaired) electrons. The molecule has 0 aliphatic heterocycles. The van der Waals surface area contributed by atoms with E-state index < -0.39 is 7.37 Å². The molecule has 16 heavy (non-hydrogen) atoms. The van der Waals surface area contributed by atoms with Crippen molar-refractivity contribution in [3.05, 3.63) is 20.4 Å². The number of hydrogen-bond donors (Lipinski definition) is 0. The lowest BCUT2D eigenvalue weighted by atomic mass is 10.5. The normalized spacial score (nSPS) is 14.9. The highest BCUT2D eigenvalue weighted by molar-refractivity contribution is 7.66. The topological polar surface area (TPSA) is 39.2 Å². The Bertz CT molecular complexity index is 440. The van der Waals surface area contributed by atoms with Gasteiger partial charge in [0.05, 0.1) is 22.0 Å². The van der Waals surface area contributed by atoms with Crippen LogP contribution in [0.3, 0.4) is 0 Å². The van der Waals surface area contributed by atoms with E-state index in [0.717, 1.165) is 0 Å². The zero-order valence-corrected chi connectivity index (χ0v) is 12.3. The molecule has 1 atom stereocenters. The van der Waals surface area contributed by atoms with Gasteiger partial charge < -0.3 is 4.52 Å². The molecule has 1 aromatic heterocycles. The fourth-order valence-corrected chi connectivity index (χ4v) is 4.47. The van der Waals surface area contributed by atoms with Gasteiger partial charge in [-0.15, -0.1) is 0 Å². The van der Waals surface area contributed by atoms with E-state index in [1.165, 1.54) is 6.66 Å². The lowest BCUT2D eigenvalue weighted by Crippen LogP contribution is -2.12. The molecule has 0 fully saturated rings. The summed E-state index contributed by atoms with van der Waals surface area (Å²) in [6, 6.07) is 0. The van der Waals surface area contributed by atoms with Gasteiger partial charge in [0.25, 0.3) is 0 Å². The van der Waals surface area contributed by atoms with E-state index in [-0.39, 0.29) is 32.3 Å². The molecule has 0 N–H and O–H groups in total. The lowest BCUT2D eigenvalue weighted by molar-refractivity contribution is 0.345. The third kappa shape index (κ3) is 2.84. The van der Waals surface area contributed by atoms with Crippen molar-refractivity contribution in [2.75, 3.05) is 13.3 Å². The van der Waals surface area contributed by atoms with E-state index >= 15 is 0 Å². The molecule has 0 aliphatic carbocycles. The molecule has 1 heterocycles. The van der Waals surface area contributed by atoms with Crippen molar-refractivity contribution in [2.24, 2.45) is 0 Å². The average molecular weight is 323 g/mol. The SMILES string of the molecule is CCOP(C)(=O)c1c(Cl)c(Cl)nc(Cl)c1Cl. The summed E-state index contributed by atoms with van der Waals surface area (Å²) in [7, 11) is -3.15.